The Morgan fingerprint density at radius 2 is 1.80 bits per heavy atom. The normalized spacial score (nSPS) is 25.8. The Morgan fingerprint density at radius 3 is 2.32 bits per heavy atom. The molecule has 2 aliphatic rings. The first kappa shape index (κ1) is 18.3. The van der Waals surface area contributed by atoms with Gasteiger partial charge in [-0.25, -0.2) is 0 Å². The molecule has 1 saturated heterocycles. The molecule has 0 aromatic heterocycles. The van der Waals surface area contributed by atoms with E-state index in [9.17, 15) is 4.79 Å². The Labute approximate surface area is 153 Å². The van der Waals surface area contributed by atoms with Crippen LogP contribution in [0.25, 0.3) is 0 Å². The molecule has 1 amide bonds. The molecule has 2 fully saturated rings. The number of carbonyl (C=O) groups is 1. The Bertz CT molecular complexity index is 577. The quantitative estimate of drug-likeness (QED) is 0.822. The van der Waals surface area contributed by atoms with Crippen molar-refractivity contribution in [1.82, 2.24) is 4.90 Å². The van der Waals surface area contributed by atoms with Crippen LogP contribution in [0.1, 0.15) is 59.8 Å². The summed E-state index contributed by atoms with van der Waals surface area (Å²) in [6.07, 6.45) is 5.35. The van der Waals surface area contributed by atoms with E-state index < -0.39 is 0 Å². The van der Waals surface area contributed by atoms with Crippen LogP contribution in [0.15, 0.2) is 30.3 Å². The molecule has 0 radical (unpaired) electrons. The van der Waals surface area contributed by atoms with Gasteiger partial charge in [0.05, 0.1) is 0 Å². The third-order valence-corrected chi connectivity index (χ3v) is 6.43. The number of nitrogens with one attached hydrogen (secondary N) is 1. The van der Waals surface area contributed by atoms with Gasteiger partial charge in [0.2, 0.25) is 5.91 Å². The second kappa shape index (κ2) is 7.39. The van der Waals surface area contributed by atoms with Crippen LogP contribution in [0.5, 0.6) is 0 Å². The van der Waals surface area contributed by atoms with Crippen molar-refractivity contribution in [1.29, 1.82) is 0 Å². The zero-order chi connectivity index (χ0) is 18.0. The first-order valence-corrected chi connectivity index (χ1v) is 10.1. The Morgan fingerprint density at radius 1 is 1.12 bits per heavy atom. The molecule has 1 heterocycles. The van der Waals surface area contributed by atoms with Crippen LogP contribution in [-0.2, 0) is 4.79 Å². The monoisotopic (exact) mass is 342 g/mol. The van der Waals surface area contributed by atoms with Crippen molar-refractivity contribution in [2.45, 2.75) is 71.4 Å². The Kier molecular flexibility index (Phi) is 5.41. The minimum Gasteiger partial charge on any atom is -0.371 e. The molecule has 3 nitrogen and oxygen atoms in total. The number of piperidine rings is 1. The molecule has 1 N–H and O–H groups in total. The average molecular weight is 343 g/mol. The summed E-state index contributed by atoms with van der Waals surface area (Å²) >= 11 is 0. The highest BCUT2D eigenvalue weighted by Gasteiger charge is 2.49. The van der Waals surface area contributed by atoms with E-state index in [1.165, 1.54) is 0 Å². The van der Waals surface area contributed by atoms with Crippen molar-refractivity contribution in [3.8, 4) is 0 Å². The molecule has 138 valence electrons. The third-order valence-electron chi connectivity index (χ3n) is 6.43. The SMILES string of the molecule is CC(C)C1CCN(C(=O)C2(Nc3ccccc3)CCC2)C(C(C)C)C1. The lowest BCUT2D eigenvalue weighted by atomic mass is 9.73. The molecular weight excluding hydrogens is 308 g/mol. The van der Waals surface area contributed by atoms with Gasteiger partial charge in [0, 0.05) is 18.3 Å². The van der Waals surface area contributed by atoms with Crippen LogP contribution in [0, 0.1) is 17.8 Å². The fourth-order valence-electron chi connectivity index (χ4n) is 4.51. The van der Waals surface area contributed by atoms with E-state index >= 15 is 0 Å². The molecule has 2 atom stereocenters. The summed E-state index contributed by atoms with van der Waals surface area (Å²) in [7, 11) is 0. The molecule has 25 heavy (non-hydrogen) atoms. The summed E-state index contributed by atoms with van der Waals surface area (Å²) < 4.78 is 0. The lowest BCUT2D eigenvalue weighted by Gasteiger charge is -2.50. The number of carbonyl (C=O) groups excluding carboxylic acids is 1. The molecule has 0 bridgehead atoms. The third kappa shape index (κ3) is 3.70. The highest BCUT2D eigenvalue weighted by atomic mass is 16.2. The van der Waals surface area contributed by atoms with Crippen molar-refractivity contribution in [3.05, 3.63) is 30.3 Å². The molecule has 2 unspecified atom stereocenters. The van der Waals surface area contributed by atoms with Crippen LogP contribution in [0.2, 0.25) is 0 Å². The van der Waals surface area contributed by atoms with E-state index in [0.717, 1.165) is 50.3 Å². The number of benzene rings is 1. The topological polar surface area (TPSA) is 32.3 Å². The number of nitrogens with zero attached hydrogens (tertiary/aromatic N) is 1. The van der Waals surface area contributed by atoms with Crippen LogP contribution in [0.4, 0.5) is 5.69 Å². The van der Waals surface area contributed by atoms with E-state index in [4.69, 9.17) is 0 Å². The first-order chi connectivity index (χ1) is 11.9. The standard InChI is InChI=1S/C22H34N2O/c1-16(2)18-11-14-24(20(15-18)17(3)4)21(25)22(12-8-13-22)23-19-9-6-5-7-10-19/h5-7,9-10,16-18,20,23H,8,11-15H2,1-4H3. The molecule has 1 saturated carbocycles. The van der Waals surface area contributed by atoms with Gasteiger partial charge in [-0.15, -0.1) is 0 Å². The number of anilines is 1. The highest BCUT2D eigenvalue weighted by Crippen LogP contribution is 2.40. The van der Waals surface area contributed by atoms with Crippen molar-refractivity contribution in [2.75, 3.05) is 11.9 Å². The second-order valence-electron chi connectivity index (χ2n) is 8.77. The number of para-hydroxylation sites is 1. The minimum absolute atomic E-state index is 0.337. The van der Waals surface area contributed by atoms with Crippen molar-refractivity contribution < 1.29 is 4.79 Å². The van der Waals surface area contributed by atoms with Gasteiger partial charge in [-0.2, -0.15) is 0 Å². The molecule has 1 aromatic rings. The number of likely N-dealkylation sites (tertiary alicyclic amines) is 1. The van der Waals surface area contributed by atoms with Gasteiger partial charge in [-0.3, -0.25) is 4.79 Å². The van der Waals surface area contributed by atoms with Gasteiger partial charge in [-0.05, 0) is 62.0 Å². The van der Waals surface area contributed by atoms with E-state index in [1.54, 1.807) is 0 Å². The maximum absolute atomic E-state index is 13.6. The highest BCUT2D eigenvalue weighted by molar-refractivity contribution is 5.91. The van der Waals surface area contributed by atoms with Crippen LogP contribution in [0.3, 0.4) is 0 Å². The number of hydrogen-bond donors (Lipinski definition) is 1. The van der Waals surface area contributed by atoms with E-state index in [1.807, 2.05) is 18.2 Å². The van der Waals surface area contributed by atoms with Crippen LogP contribution < -0.4 is 5.32 Å². The molecule has 1 aromatic carbocycles. The molecule has 1 aliphatic heterocycles. The smallest absolute Gasteiger partial charge is 0.248 e. The van der Waals surface area contributed by atoms with E-state index in [2.05, 4.69) is 50.0 Å². The molecule has 1 aliphatic carbocycles. The number of hydrogen-bond acceptors (Lipinski definition) is 2. The van der Waals surface area contributed by atoms with Crippen molar-refractivity contribution in [2.24, 2.45) is 17.8 Å². The zero-order valence-corrected chi connectivity index (χ0v) is 16.3. The maximum atomic E-state index is 13.6. The second-order valence-corrected chi connectivity index (χ2v) is 8.77. The van der Waals surface area contributed by atoms with Gasteiger partial charge in [0.1, 0.15) is 5.54 Å². The summed E-state index contributed by atoms with van der Waals surface area (Å²) in [5.41, 5.74) is 0.688. The zero-order valence-electron chi connectivity index (χ0n) is 16.3. The largest absolute Gasteiger partial charge is 0.371 e. The van der Waals surface area contributed by atoms with Gasteiger partial charge in [0.15, 0.2) is 0 Å². The molecular formula is C22H34N2O. The first-order valence-electron chi connectivity index (χ1n) is 10.1. The van der Waals surface area contributed by atoms with Crippen molar-refractivity contribution in [3.63, 3.8) is 0 Å². The maximum Gasteiger partial charge on any atom is 0.248 e. The fraction of sp³-hybridized carbons (Fsp3) is 0.682. The van der Waals surface area contributed by atoms with Gasteiger partial charge < -0.3 is 10.2 Å². The van der Waals surface area contributed by atoms with Gasteiger partial charge >= 0.3 is 0 Å². The lowest BCUT2D eigenvalue weighted by Crippen LogP contribution is -2.62. The predicted molar refractivity (Wildman–Crippen MR) is 105 cm³/mol. The molecule has 3 heteroatoms. The van der Waals surface area contributed by atoms with Gasteiger partial charge in [-0.1, -0.05) is 45.9 Å². The predicted octanol–water partition coefficient (Wildman–Crippen LogP) is 4.94. The Hall–Kier alpha value is -1.51. The Balaban J connectivity index is 1.77. The van der Waals surface area contributed by atoms with E-state index in [-0.39, 0.29) is 5.54 Å². The summed E-state index contributed by atoms with van der Waals surface area (Å²) in [4.78, 5) is 15.8. The number of amides is 1. The lowest BCUT2D eigenvalue weighted by molar-refractivity contribution is -0.145. The van der Waals surface area contributed by atoms with E-state index in [0.29, 0.717) is 23.8 Å². The summed E-state index contributed by atoms with van der Waals surface area (Å²) in [5, 5.41) is 3.59. The van der Waals surface area contributed by atoms with Gasteiger partial charge in [0.25, 0.3) is 0 Å². The fourth-order valence-corrected chi connectivity index (χ4v) is 4.51. The number of rotatable bonds is 5. The minimum atomic E-state index is -0.376. The average Bonchev–Trinajstić information content (AvgIpc) is 2.57. The summed E-state index contributed by atoms with van der Waals surface area (Å²) in [6.45, 7) is 10.1. The molecule has 0 spiro atoms. The van der Waals surface area contributed by atoms with Crippen LogP contribution in [-0.4, -0.2) is 28.9 Å². The van der Waals surface area contributed by atoms with Crippen molar-refractivity contribution >= 4 is 11.6 Å². The summed E-state index contributed by atoms with van der Waals surface area (Å²) in [6, 6.07) is 10.6. The molecule has 3 rings (SSSR count). The summed E-state index contributed by atoms with van der Waals surface area (Å²) in [5.74, 6) is 2.30. The van der Waals surface area contributed by atoms with Crippen LogP contribution >= 0.6 is 0 Å².